The van der Waals surface area contributed by atoms with E-state index in [4.69, 9.17) is 17.2 Å². The van der Waals surface area contributed by atoms with E-state index in [0.29, 0.717) is 24.0 Å². The molecule has 72 heavy (non-hydrogen) atoms. The Bertz CT molecular complexity index is 2210. The molecule has 0 saturated heterocycles. The number of nitrogens with two attached hydrogens (primary N) is 3. The van der Waals surface area contributed by atoms with Crippen LogP contribution in [-0.2, 0) is 65.6 Å². The predicted molar refractivity (Wildman–Crippen MR) is 253 cm³/mol. The number of carboxylic acids is 3. The van der Waals surface area contributed by atoms with E-state index in [2.05, 4.69) is 37.2 Å². The quantitative estimate of drug-likeness (QED) is 0.0314. The first-order chi connectivity index (χ1) is 33.8. The highest BCUT2D eigenvalue weighted by atomic mass is 16.4. The molecule has 2 rings (SSSR count). The molecule has 0 bridgehead atoms. The van der Waals surface area contributed by atoms with Gasteiger partial charge in [0.25, 0.3) is 0 Å². The number of nitrogens with one attached hydrogen (secondary N) is 7. The van der Waals surface area contributed by atoms with Crippen LogP contribution < -0.4 is 54.4 Å². The fraction of sp³-hybridized carbons (Fsp3) is 0.500. The molecule has 0 heterocycles. The van der Waals surface area contributed by atoms with Crippen molar-refractivity contribution >= 4 is 65.2 Å². The third-order valence-corrected chi connectivity index (χ3v) is 10.7. The topological polar surface area (TPSA) is 451 Å². The van der Waals surface area contributed by atoms with Crippen LogP contribution in [0, 0.1) is 5.92 Å². The molecule has 0 saturated carbocycles. The minimum absolute atomic E-state index is 0.0362. The van der Waals surface area contributed by atoms with Gasteiger partial charge >= 0.3 is 17.9 Å². The van der Waals surface area contributed by atoms with E-state index in [-0.39, 0.29) is 31.6 Å². The summed E-state index contributed by atoms with van der Waals surface area (Å²) >= 11 is 0. The summed E-state index contributed by atoms with van der Waals surface area (Å²) in [6.07, 6.45) is -4.50. The third-order valence-electron chi connectivity index (χ3n) is 10.7. The van der Waals surface area contributed by atoms with Gasteiger partial charge in [-0.3, -0.25) is 47.9 Å². The number of benzene rings is 2. The van der Waals surface area contributed by atoms with Crippen molar-refractivity contribution in [3.05, 3.63) is 65.7 Å². The molecular formula is C46H66N10O16. The van der Waals surface area contributed by atoms with Crippen molar-refractivity contribution in [2.24, 2.45) is 23.1 Å². The van der Waals surface area contributed by atoms with E-state index in [1.807, 2.05) is 0 Å². The fourth-order valence-corrected chi connectivity index (χ4v) is 6.96. The molecular weight excluding hydrogens is 949 g/mol. The van der Waals surface area contributed by atoms with Crippen molar-refractivity contribution in [1.29, 1.82) is 0 Å². The number of rotatable bonds is 32. The standard InChI is InChI=1S/C46H66N10O16/c1-23(2)17-30(41(66)52-33(22-37(62)63)44(69)55-34(46(71)72)19-25-9-5-4-6-10-25)51-43(68)32(21-36(60)61)53-42(67)31(18-26-12-14-27(58)15-13-26)54-45(70)38(24(3)57)56-40(65)29(11-7-8-16-47)50-39(64)28(48)20-35(49)59/h4-6,9-10,12-15,23-24,28-34,38,57-58H,7-8,11,16-22,47-48H2,1-3H3,(H2,49,59)(H,50,64)(H,51,68)(H,52,66)(H,53,67)(H,54,70)(H,55,69)(H,56,65)(H,60,61)(H,62,63)(H,71,72)/t24-,28+,29+,30+,31+,32+,33+,34+,38+/m1/s1. The lowest BCUT2D eigenvalue weighted by Crippen LogP contribution is -2.62. The van der Waals surface area contributed by atoms with Crippen molar-refractivity contribution in [2.45, 2.75) is 133 Å². The zero-order valence-electron chi connectivity index (χ0n) is 40.0. The largest absolute Gasteiger partial charge is 0.508 e. The van der Waals surface area contributed by atoms with Gasteiger partial charge in [0.2, 0.25) is 47.3 Å². The summed E-state index contributed by atoms with van der Waals surface area (Å²) in [5, 5.41) is 65.9. The number of amides is 8. The Balaban J connectivity index is 2.44. The van der Waals surface area contributed by atoms with Gasteiger partial charge in [-0.25, -0.2) is 4.79 Å². The average Bonchev–Trinajstić information content (AvgIpc) is 3.29. The third kappa shape index (κ3) is 21.9. The summed E-state index contributed by atoms with van der Waals surface area (Å²) in [5.74, 6) is -14.0. The molecule has 9 atom stereocenters. The predicted octanol–water partition coefficient (Wildman–Crippen LogP) is -3.64. The average molecular weight is 1020 g/mol. The van der Waals surface area contributed by atoms with Crippen LogP contribution in [0.1, 0.15) is 76.8 Å². The highest BCUT2D eigenvalue weighted by Crippen LogP contribution is 2.14. The molecule has 8 amide bonds. The zero-order valence-corrected chi connectivity index (χ0v) is 40.0. The smallest absolute Gasteiger partial charge is 0.326 e. The van der Waals surface area contributed by atoms with Gasteiger partial charge in [0, 0.05) is 12.8 Å². The molecule has 18 N–H and O–H groups in total. The number of carbonyl (C=O) groups is 11. The molecule has 0 radical (unpaired) electrons. The Morgan fingerprint density at radius 3 is 1.46 bits per heavy atom. The number of phenols is 1. The van der Waals surface area contributed by atoms with Crippen molar-refractivity contribution < 1.29 is 78.3 Å². The summed E-state index contributed by atoms with van der Waals surface area (Å²) in [7, 11) is 0. The van der Waals surface area contributed by atoms with Gasteiger partial charge in [0.1, 0.15) is 48.0 Å². The van der Waals surface area contributed by atoms with Crippen molar-refractivity contribution in [1.82, 2.24) is 37.2 Å². The fourth-order valence-electron chi connectivity index (χ4n) is 6.96. The molecule has 26 nitrogen and oxygen atoms in total. The maximum atomic E-state index is 14.1. The van der Waals surface area contributed by atoms with Crippen LogP contribution in [-0.4, -0.2) is 152 Å². The van der Waals surface area contributed by atoms with Crippen molar-refractivity contribution in [2.75, 3.05) is 6.54 Å². The number of aliphatic hydroxyl groups excluding tert-OH is 1. The molecule has 0 aliphatic carbocycles. The van der Waals surface area contributed by atoms with Crippen LogP contribution in [0.4, 0.5) is 0 Å². The van der Waals surface area contributed by atoms with Crippen LogP contribution in [0.25, 0.3) is 0 Å². The first-order valence-electron chi connectivity index (χ1n) is 22.8. The number of aliphatic carboxylic acids is 3. The Hall–Kier alpha value is -7.71. The number of primary amides is 1. The van der Waals surface area contributed by atoms with Gasteiger partial charge in [-0.1, -0.05) is 56.3 Å². The highest BCUT2D eigenvalue weighted by molar-refractivity contribution is 5.99. The van der Waals surface area contributed by atoms with E-state index in [9.17, 15) is 78.3 Å². The monoisotopic (exact) mass is 1010 g/mol. The summed E-state index contributed by atoms with van der Waals surface area (Å²) in [4.78, 5) is 143. The second-order valence-corrected chi connectivity index (χ2v) is 17.4. The number of unbranched alkanes of at least 4 members (excludes halogenated alkanes) is 1. The summed E-state index contributed by atoms with van der Waals surface area (Å²) in [6, 6.07) is -0.00931. The first kappa shape index (κ1) is 60.4. The molecule has 0 aliphatic heterocycles. The lowest BCUT2D eigenvalue weighted by molar-refractivity contribution is -0.143. The molecule has 0 unspecified atom stereocenters. The van der Waals surface area contributed by atoms with Crippen LogP contribution in [0.3, 0.4) is 0 Å². The number of carbonyl (C=O) groups excluding carboxylic acids is 8. The van der Waals surface area contributed by atoms with Crippen molar-refractivity contribution in [3.63, 3.8) is 0 Å². The minimum Gasteiger partial charge on any atom is -0.508 e. The lowest BCUT2D eigenvalue weighted by atomic mass is 10.0. The molecule has 2 aromatic rings. The molecule has 26 heteroatoms. The van der Waals surface area contributed by atoms with Gasteiger partial charge < -0.3 is 80.0 Å². The normalized spacial score (nSPS) is 14.8. The van der Waals surface area contributed by atoms with Crippen LogP contribution >= 0.6 is 0 Å². The summed E-state index contributed by atoms with van der Waals surface area (Å²) in [5.41, 5.74) is 17.3. The lowest BCUT2D eigenvalue weighted by Gasteiger charge is -2.28. The van der Waals surface area contributed by atoms with E-state index in [1.165, 1.54) is 24.3 Å². The maximum absolute atomic E-state index is 14.1. The van der Waals surface area contributed by atoms with Crippen molar-refractivity contribution in [3.8, 4) is 5.75 Å². The Morgan fingerprint density at radius 2 is 0.972 bits per heavy atom. The van der Waals surface area contributed by atoms with Gasteiger partial charge in [-0.05, 0) is 68.3 Å². The van der Waals surface area contributed by atoms with Gasteiger partial charge in [-0.15, -0.1) is 0 Å². The number of aliphatic hydroxyl groups is 1. The number of hydrogen-bond acceptors (Lipinski definition) is 15. The first-order valence-corrected chi connectivity index (χ1v) is 22.8. The number of carboxylic acid groups (broad SMARTS) is 3. The van der Waals surface area contributed by atoms with Gasteiger partial charge in [-0.2, -0.15) is 0 Å². The highest BCUT2D eigenvalue weighted by Gasteiger charge is 2.37. The number of phenolic OH excluding ortho intramolecular Hbond substituents is 1. The molecule has 396 valence electrons. The Labute approximate surface area is 414 Å². The minimum atomic E-state index is -1.99. The molecule has 0 fully saturated rings. The van der Waals surface area contributed by atoms with Crippen LogP contribution in [0.2, 0.25) is 0 Å². The second kappa shape index (κ2) is 30.1. The second-order valence-electron chi connectivity index (χ2n) is 17.4. The Kier molecular flexibility index (Phi) is 25.3. The maximum Gasteiger partial charge on any atom is 0.326 e. The van der Waals surface area contributed by atoms with E-state index >= 15 is 0 Å². The zero-order chi connectivity index (χ0) is 54.2. The summed E-state index contributed by atoms with van der Waals surface area (Å²) in [6.45, 7) is 4.60. The molecule has 0 aromatic heterocycles. The number of hydrogen-bond donors (Lipinski definition) is 15. The number of aromatic hydroxyl groups is 1. The van der Waals surface area contributed by atoms with E-state index in [0.717, 1.165) is 6.92 Å². The Morgan fingerprint density at radius 1 is 0.528 bits per heavy atom. The molecule has 2 aromatic carbocycles. The van der Waals surface area contributed by atoms with E-state index < -0.39 is 151 Å². The van der Waals surface area contributed by atoms with Crippen LogP contribution in [0.5, 0.6) is 5.75 Å². The van der Waals surface area contributed by atoms with Crippen LogP contribution in [0.15, 0.2) is 54.6 Å². The molecule has 0 spiro atoms. The van der Waals surface area contributed by atoms with E-state index in [1.54, 1.807) is 44.2 Å². The molecule has 0 aliphatic rings. The summed E-state index contributed by atoms with van der Waals surface area (Å²) < 4.78 is 0. The van der Waals surface area contributed by atoms with Gasteiger partial charge in [0.05, 0.1) is 31.4 Å². The SMILES string of the molecule is CC(C)C[C@H](NC(=O)[C@H](CC(=O)O)NC(=O)[C@H](Cc1ccc(O)cc1)NC(=O)[C@@H](NC(=O)[C@H](CCCCN)NC(=O)[C@@H](N)CC(N)=O)[C@@H](C)O)C(=O)N[C@@H](CC(=O)O)C(=O)N[C@@H](Cc1ccccc1)C(=O)O. The van der Waals surface area contributed by atoms with Gasteiger partial charge in [0.15, 0.2) is 0 Å².